The number of nitrogens with zero attached hydrogens (tertiary/aromatic N) is 3. The number of rotatable bonds is 5. The molecule has 5 heteroatoms. The van der Waals surface area contributed by atoms with E-state index in [0.29, 0.717) is 17.5 Å². The maximum absolute atomic E-state index is 6.28. The fraction of sp³-hybridized carbons (Fsp3) is 0. The van der Waals surface area contributed by atoms with Crippen molar-refractivity contribution in [3.63, 3.8) is 0 Å². The van der Waals surface area contributed by atoms with Crippen molar-refractivity contribution in [3.05, 3.63) is 164 Å². The quantitative estimate of drug-likeness (QED) is 0.185. The van der Waals surface area contributed by atoms with Gasteiger partial charge in [0.1, 0.15) is 11.2 Å². The van der Waals surface area contributed by atoms with Crippen LogP contribution in [-0.4, -0.2) is 15.0 Å². The molecule has 0 saturated heterocycles. The topological polar surface area (TPSA) is 51.8 Å². The van der Waals surface area contributed by atoms with Crippen LogP contribution in [0, 0.1) is 0 Å². The van der Waals surface area contributed by atoms with Crippen molar-refractivity contribution in [2.24, 2.45) is 0 Å². The molecular weight excluding hydrogens is 631 g/mol. The minimum absolute atomic E-state index is 0.607. The van der Waals surface area contributed by atoms with E-state index < -0.39 is 0 Å². The van der Waals surface area contributed by atoms with E-state index in [-0.39, 0.29) is 0 Å². The Morgan fingerprint density at radius 3 is 1.70 bits per heavy atom. The molecule has 0 radical (unpaired) electrons. The van der Waals surface area contributed by atoms with Gasteiger partial charge in [0.15, 0.2) is 17.5 Å². The molecule has 0 fully saturated rings. The fourth-order valence-corrected chi connectivity index (χ4v) is 8.33. The van der Waals surface area contributed by atoms with E-state index >= 15 is 0 Å². The number of para-hydroxylation sites is 1. The lowest BCUT2D eigenvalue weighted by Crippen LogP contribution is -2.00. The Bertz CT molecular complexity index is 2860. The third kappa shape index (κ3) is 4.71. The Labute approximate surface area is 292 Å². The number of hydrogen-bond donors (Lipinski definition) is 0. The average Bonchev–Trinajstić information content (AvgIpc) is 3.77. The minimum atomic E-state index is 0.607. The average molecular weight is 658 g/mol. The van der Waals surface area contributed by atoms with E-state index in [1.807, 2.05) is 48.5 Å². The lowest BCUT2D eigenvalue weighted by molar-refractivity contribution is 0.669. The summed E-state index contributed by atoms with van der Waals surface area (Å²) < 4.78 is 8.67. The van der Waals surface area contributed by atoms with E-state index in [1.165, 1.54) is 26.6 Å². The van der Waals surface area contributed by atoms with E-state index in [1.54, 1.807) is 11.3 Å². The van der Waals surface area contributed by atoms with Gasteiger partial charge in [-0.15, -0.1) is 11.3 Å². The van der Waals surface area contributed by atoms with Gasteiger partial charge < -0.3 is 4.42 Å². The molecule has 0 bridgehead atoms. The predicted molar refractivity (Wildman–Crippen MR) is 207 cm³/mol. The zero-order chi connectivity index (χ0) is 33.0. The van der Waals surface area contributed by atoms with Crippen molar-refractivity contribution in [1.29, 1.82) is 0 Å². The molecular formula is C45H27N3OS. The van der Waals surface area contributed by atoms with Crippen molar-refractivity contribution < 1.29 is 4.42 Å². The van der Waals surface area contributed by atoms with Gasteiger partial charge in [-0.25, -0.2) is 15.0 Å². The van der Waals surface area contributed by atoms with Crippen LogP contribution >= 0.6 is 11.3 Å². The molecule has 10 aromatic rings. The van der Waals surface area contributed by atoms with Gasteiger partial charge in [-0.05, 0) is 46.5 Å². The first-order valence-electron chi connectivity index (χ1n) is 16.6. The summed E-state index contributed by atoms with van der Waals surface area (Å²) in [6.07, 6.45) is 0. The zero-order valence-corrected chi connectivity index (χ0v) is 27.6. The van der Waals surface area contributed by atoms with E-state index in [2.05, 4.69) is 115 Å². The van der Waals surface area contributed by atoms with Crippen molar-refractivity contribution >= 4 is 53.4 Å². The molecule has 0 atom stereocenters. The number of fused-ring (bicyclic) bond motifs is 6. The number of furan rings is 1. The molecule has 10 rings (SSSR count). The second kappa shape index (κ2) is 11.6. The first-order chi connectivity index (χ1) is 24.8. The Hall–Kier alpha value is -6.43. The Morgan fingerprint density at radius 1 is 0.360 bits per heavy atom. The fourth-order valence-electron chi connectivity index (χ4n) is 7.00. The lowest BCUT2D eigenvalue weighted by atomic mass is 9.97. The maximum Gasteiger partial charge on any atom is 0.165 e. The number of hydrogen-bond acceptors (Lipinski definition) is 5. The normalized spacial score (nSPS) is 11.6. The Morgan fingerprint density at radius 2 is 0.920 bits per heavy atom. The van der Waals surface area contributed by atoms with Crippen LogP contribution in [-0.2, 0) is 0 Å². The summed E-state index contributed by atoms with van der Waals surface area (Å²) >= 11 is 1.80. The van der Waals surface area contributed by atoms with Crippen LogP contribution in [0.25, 0.3) is 98.5 Å². The van der Waals surface area contributed by atoms with E-state index in [0.717, 1.165) is 54.5 Å². The minimum Gasteiger partial charge on any atom is -0.456 e. The van der Waals surface area contributed by atoms with Gasteiger partial charge in [0.05, 0.1) is 0 Å². The summed E-state index contributed by atoms with van der Waals surface area (Å²) in [4.78, 5) is 15.7. The van der Waals surface area contributed by atoms with Gasteiger partial charge in [0.2, 0.25) is 0 Å². The van der Waals surface area contributed by atoms with Crippen LogP contribution < -0.4 is 0 Å². The monoisotopic (exact) mass is 657 g/mol. The number of aromatic nitrogens is 3. The summed E-state index contributed by atoms with van der Waals surface area (Å²) in [5.74, 6) is 1.87. The van der Waals surface area contributed by atoms with Crippen molar-refractivity contribution in [2.45, 2.75) is 0 Å². The molecule has 0 aliphatic rings. The smallest absolute Gasteiger partial charge is 0.165 e. The van der Waals surface area contributed by atoms with Crippen LogP contribution in [0.3, 0.4) is 0 Å². The molecule has 0 saturated carbocycles. The largest absolute Gasteiger partial charge is 0.456 e. The van der Waals surface area contributed by atoms with Crippen LogP contribution in [0.4, 0.5) is 0 Å². The number of thiophene rings is 1. The van der Waals surface area contributed by atoms with Crippen molar-refractivity contribution in [2.75, 3.05) is 0 Å². The molecule has 4 nitrogen and oxygen atoms in total. The highest BCUT2D eigenvalue weighted by atomic mass is 32.1. The molecule has 0 amide bonds. The van der Waals surface area contributed by atoms with E-state index in [9.17, 15) is 0 Å². The second-order valence-electron chi connectivity index (χ2n) is 12.4. The lowest BCUT2D eigenvalue weighted by Gasteiger charge is -2.11. The highest BCUT2D eigenvalue weighted by Gasteiger charge is 2.21. The van der Waals surface area contributed by atoms with Crippen molar-refractivity contribution in [3.8, 4) is 56.4 Å². The molecule has 0 aliphatic heterocycles. The Kier molecular flexibility index (Phi) is 6.64. The molecule has 0 unspecified atom stereocenters. The van der Waals surface area contributed by atoms with Crippen LogP contribution in [0.5, 0.6) is 0 Å². The molecule has 0 aliphatic carbocycles. The first kappa shape index (κ1) is 28.6. The molecule has 234 valence electrons. The highest BCUT2D eigenvalue weighted by molar-refractivity contribution is 7.26. The SMILES string of the molecule is c1ccc(-c2cc(-c3nc(-c4ccccc4)nc(-c4cccc5oc6ccccc6c45)n3)c3sc4c(-c5ccccc5)cccc4c3c2)cc1. The van der Waals surface area contributed by atoms with Gasteiger partial charge in [0, 0.05) is 47.6 Å². The number of benzene rings is 7. The van der Waals surface area contributed by atoms with Gasteiger partial charge >= 0.3 is 0 Å². The molecule has 0 N–H and O–H groups in total. The third-order valence-electron chi connectivity index (χ3n) is 9.34. The molecule has 50 heavy (non-hydrogen) atoms. The molecule has 0 spiro atoms. The summed E-state index contributed by atoms with van der Waals surface area (Å²) in [5.41, 5.74) is 9.13. The van der Waals surface area contributed by atoms with E-state index in [4.69, 9.17) is 19.4 Å². The predicted octanol–water partition coefficient (Wildman–Crippen LogP) is 12.5. The van der Waals surface area contributed by atoms with Crippen molar-refractivity contribution in [1.82, 2.24) is 15.0 Å². The van der Waals surface area contributed by atoms with Gasteiger partial charge in [-0.2, -0.15) is 0 Å². The van der Waals surface area contributed by atoms with Gasteiger partial charge in [-0.3, -0.25) is 0 Å². The zero-order valence-electron chi connectivity index (χ0n) is 26.7. The highest BCUT2D eigenvalue weighted by Crippen LogP contribution is 2.46. The van der Waals surface area contributed by atoms with Crippen LogP contribution in [0.15, 0.2) is 168 Å². The summed E-state index contributed by atoms with van der Waals surface area (Å²) in [6, 6.07) is 56.8. The first-order valence-corrected chi connectivity index (χ1v) is 17.4. The Balaban J connectivity index is 1.30. The summed E-state index contributed by atoms with van der Waals surface area (Å²) in [6.45, 7) is 0. The summed E-state index contributed by atoms with van der Waals surface area (Å²) in [5, 5.41) is 4.44. The molecule has 3 aromatic heterocycles. The van der Waals surface area contributed by atoms with Gasteiger partial charge in [-0.1, -0.05) is 140 Å². The van der Waals surface area contributed by atoms with Gasteiger partial charge in [0.25, 0.3) is 0 Å². The molecule has 7 aromatic carbocycles. The standard InChI is InChI=1S/C45H27N3OS/c1-4-14-28(15-5-1)31-26-36-33-22-12-21-32(29-16-6-2-7-17-29)41(33)50-42(36)37(27-31)45-47-43(30-18-8-3-9-19-30)46-44(48-45)35-23-13-25-39-40(35)34-20-10-11-24-38(34)49-39/h1-27H. The van der Waals surface area contributed by atoms with Crippen LogP contribution in [0.2, 0.25) is 0 Å². The maximum atomic E-state index is 6.28. The second-order valence-corrected chi connectivity index (χ2v) is 13.4. The van der Waals surface area contributed by atoms with Crippen LogP contribution in [0.1, 0.15) is 0 Å². The molecule has 3 heterocycles. The third-order valence-corrected chi connectivity index (χ3v) is 10.6. The summed E-state index contributed by atoms with van der Waals surface area (Å²) in [7, 11) is 0.